The third-order valence-corrected chi connectivity index (χ3v) is 5.66. The van der Waals surface area contributed by atoms with Crippen molar-refractivity contribution in [3.8, 4) is 0 Å². The minimum Gasteiger partial charge on any atom is -0.440 e. The molecule has 0 saturated carbocycles. The van der Waals surface area contributed by atoms with Crippen LogP contribution in [0.3, 0.4) is 0 Å². The molecule has 1 aromatic heterocycles. The molecule has 1 fully saturated rings. The highest BCUT2D eigenvalue weighted by Crippen LogP contribution is 2.24. The van der Waals surface area contributed by atoms with Gasteiger partial charge in [0.2, 0.25) is 5.12 Å². The SMILES string of the molecule is O=C1NC(Cc2ccc3oc(Cc4ccc5ccccc5c4)nc3c2)C(=O)S1. The van der Waals surface area contributed by atoms with Crippen LogP contribution in [0.4, 0.5) is 4.79 Å². The van der Waals surface area contributed by atoms with Crippen molar-refractivity contribution in [1.29, 1.82) is 0 Å². The van der Waals surface area contributed by atoms with Gasteiger partial charge in [-0.3, -0.25) is 9.59 Å². The zero-order chi connectivity index (χ0) is 19.1. The Morgan fingerprint density at radius 1 is 0.964 bits per heavy atom. The summed E-state index contributed by atoms with van der Waals surface area (Å²) in [5.41, 5.74) is 3.56. The van der Waals surface area contributed by atoms with E-state index in [-0.39, 0.29) is 10.4 Å². The van der Waals surface area contributed by atoms with Gasteiger partial charge < -0.3 is 9.73 Å². The van der Waals surface area contributed by atoms with Gasteiger partial charge in [-0.15, -0.1) is 0 Å². The number of fused-ring (bicyclic) bond motifs is 2. The summed E-state index contributed by atoms with van der Waals surface area (Å²) in [5.74, 6) is 0.656. The van der Waals surface area contributed by atoms with E-state index >= 15 is 0 Å². The summed E-state index contributed by atoms with van der Waals surface area (Å²) in [5, 5.41) is 4.67. The lowest BCUT2D eigenvalue weighted by molar-refractivity contribution is -0.112. The molecule has 1 unspecified atom stereocenters. The molecule has 5 rings (SSSR count). The van der Waals surface area contributed by atoms with Gasteiger partial charge in [0.25, 0.3) is 5.24 Å². The molecule has 5 nitrogen and oxygen atoms in total. The summed E-state index contributed by atoms with van der Waals surface area (Å²) in [7, 11) is 0. The summed E-state index contributed by atoms with van der Waals surface area (Å²) in [4.78, 5) is 27.7. The monoisotopic (exact) mass is 388 g/mol. The van der Waals surface area contributed by atoms with E-state index in [1.54, 1.807) is 0 Å². The number of rotatable bonds is 4. The number of benzene rings is 3. The summed E-state index contributed by atoms with van der Waals surface area (Å²) >= 11 is 0.734. The predicted molar refractivity (Wildman–Crippen MR) is 109 cm³/mol. The third-order valence-electron chi connectivity index (χ3n) is 4.88. The molecule has 0 radical (unpaired) electrons. The number of thioether (sulfide) groups is 1. The van der Waals surface area contributed by atoms with Crippen molar-refractivity contribution < 1.29 is 14.0 Å². The van der Waals surface area contributed by atoms with Crippen LogP contribution in [0.15, 0.2) is 65.1 Å². The number of nitrogens with zero attached hydrogens (tertiary/aromatic N) is 1. The predicted octanol–water partition coefficient (Wildman–Crippen LogP) is 4.47. The smallest absolute Gasteiger partial charge is 0.287 e. The molecular weight excluding hydrogens is 372 g/mol. The molecule has 0 aliphatic carbocycles. The van der Waals surface area contributed by atoms with E-state index in [0.29, 0.717) is 18.7 Å². The van der Waals surface area contributed by atoms with Crippen LogP contribution in [-0.2, 0) is 17.6 Å². The largest absolute Gasteiger partial charge is 0.440 e. The van der Waals surface area contributed by atoms with E-state index in [1.807, 2.05) is 30.3 Å². The lowest BCUT2D eigenvalue weighted by atomic mass is 10.1. The number of carbonyl (C=O) groups excluding carboxylic acids is 2. The molecule has 0 spiro atoms. The van der Waals surface area contributed by atoms with Crippen molar-refractivity contribution in [2.45, 2.75) is 18.9 Å². The number of amides is 1. The Balaban J connectivity index is 1.38. The Morgan fingerprint density at radius 3 is 2.61 bits per heavy atom. The van der Waals surface area contributed by atoms with Crippen LogP contribution in [0.5, 0.6) is 0 Å². The first-order valence-corrected chi connectivity index (χ1v) is 9.84. The van der Waals surface area contributed by atoms with Crippen molar-refractivity contribution >= 4 is 44.0 Å². The number of carbonyl (C=O) groups is 2. The van der Waals surface area contributed by atoms with Gasteiger partial charge in [0.05, 0.1) is 0 Å². The standard InChI is InChI=1S/C22H16N2O3S/c25-21-18(24-22(26)28-21)11-14-6-8-19-17(10-14)23-20(27-19)12-13-5-7-15-3-1-2-4-16(15)9-13/h1-10,18H,11-12H2,(H,24,26). The summed E-state index contributed by atoms with van der Waals surface area (Å²) in [6.07, 6.45) is 1.07. The van der Waals surface area contributed by atoms with Crippen LogP contribution < -0.4 is 5.32 Å². The summed E-state index contributed by atoms with van der Waals surface area (Å²) in [6, 6.07) is 19.8. The zero-order valence-corrected chi connectivity index (χ0v) is 15.7. The van der Waals surface area contributed by atoms with Gasteiger partial charge in [0.15, 0.2) is 11.5 Å². The Labute approximate surface area is 165 Å². The maximum Gasteiger partial charge on any atom is 0.287 e. The van der Waals surface area contributed by atoms with Gasteiger partial charge in [-0.05, 0) is 34.0 Å². The van der Waals surface area contributed by atoms with E-state index in [0.717, 1.165) is 34.0 Å². The molecule has 1 amide bonds. The van der Waals surface area contributed by atoms with E-state index in [2.05, 4.69) is 40.6 Å². The molecule has 1 saturated heterocycles. The third kappa shape index (κ3) is 3.27. The highest BCUT2D eigenvalue weighted by atomic mass is 32.2. The maximum atomic E-state index is 11.8. The van der Waals surface area contributed by atoms with Crippen LogP contribution in [0.1, 0.15) is 17.0 Å². The van der Waals surface area contributed by atoms with E-state index in [1.165, 1.54) is 10.8 Å². The molecular formula is C22H16N2O3S. The van der Waals surface area contributed by atoms with Crippen molar-refractivity contribution in [3.63, 3.8) is 0 Å². The van der Waals surface area contributed by atoms with Crippen LogP contribution in [0, 0.1) is 0 Å². The minimum absolute atomic E-state index is 0.137. The minimum atomic E-state index is -0.473. The first-order chi connectivity index (χ1) is 13.6. The first-order valence-electron chi connectivity index (χ1n) is 9.02. The quantitative estimate of drug-likeness (QED) is 0.559. The van der Waals surface area contributed by atoms with Crippen molar-refractivity contribution in [3.05, 3.63) is 77.7 Å². The Bertz CT molecular complexity index is 1230. The van der Waals surface area contributed by atoms with Crippen LogP contribution in [0.25, 0.3) is 21.9 Å². The average Bonchev–Trinajstić information content (AvgIpc) is 3.23. The number of nitrogens with one attached hydrogen (secondary N) is 1. The molecule has 3 aromatic carbocycles. The van der Waals surface area contributed by atoms with Crippen molar-refractivity contribution in [1.82, 2.24) is 10.3 Å². The molecule has 138 valence electrons. The summed E-state index contributed by atoms with van der Waals surface area (Å²) < 4.78 is 5.90. The molecule has 4 aromatic rings. The zero-order valence-electron chi connectivity index (χ0n) is 14.8. The van der Waals surface area contributed by atoms with E-state index in [9.17, 15) is 9.59 Å². The van der Waals surface area contributed by atoms with E-state index < -0.39 is 6.04 Å². The number of oxazole rings is 1. The number of hydrogen-bond donors (Lipinski definition) is 1. The molecule has 2 heterocycles. The average molecular weight is 388 g/mol. The second-order valence-electron chi connectivity index (χ2n) is 6.88. The van der Waals surface area contributed by atoms with Crippen molar-refractivity contribution in [2.24, 2.45) is 0 Å². The number of aromatic nitrogens is 1. The summed E-state index contributed by atoms with van der Waals surface area (Å²) in [6.45, 7) is 0. The van der Waals surface area contributed by atoms with Gasteiger partial charge in [-0.25, -0.2) is 4.98 Å². The topological polar surface area (TPSA) is 72.2 Å². The normalized spacial score (nSPS) is 16.8. The second kappa shape index (κ2) is 6.80. The first kappa shape index (κ1) is 17.0. The lowest BCUT2D eigenvalue weighted by Gasteiger charge is -2.06. The molecule has 1 N–H and O–H groups in total. The highest BCUT2D eigenvalue weighted by Gasteiger charge is 2.31. The van der Waals surface area contributed by atoms with E-state index in [4.69, 9.17) is 4.42 Å². The molecule has 1 atom stereocenters. The lowest BCUT2D eigenvalue weighted by Crippen LogP contribution is -2.30. The Morgan fingerprint density at radius 2 is 1.79 bits per heavy atom. The maximum absolute atomic E-state index is 11.8. The molecule has 0 bridgehead atoms. The van der Waals surface area contributed by atoms with Gasteiger partial charge >= 0.3 is 0 Å². The Kier molecular flexibility index (Phi) is 4.13. The molecule has 1 aliphatic rings. The van der Waals surface area contributed by atoms with Crippen molar-refractivity contribution in [2.75, 3.05) is 0 Å². The van der Waals surface area contributed by atoms with Crippen LogP contribution >= 0.6 is 11.8 Å². The van der Waals surface area contributed by atoms with Gasteiger partial charge in [-0.2, -0.15) is 0 Å². The number of hydrogen-bond acceptors (Lipinski definition) is 5. The van der Waals surface area contributed by atoms with Gasteiger partial charge in [0.1, 0.15) is 11.6 Å². The Hall–Kier alpha value is -3.12. The molecule has 1 aliphatic heterocycles. The van der Waals surface area contributed by atoms with Crippen LogP contribution in [0.2, 0.25) is 0 Å². The molecule has 28 heavy (non-hydrogen) atoms. The second-order valence-corrected chi connectivity index (χ2v) is 7.85. The fourth-order valence-corrected chi connectivity index (χ4v) is 4.18. The van der Waals surface area contributed by atoms with Gasteiger partial charge in [-0.1, -0.05) is 48.5 Å². The molecule has 6 heteroatoms. The highest BCUT2D eigenvalue weighted by molar-refractivity contribution is 8.26. The fourth-order valence-electron chi connectivity index (χ4n) is 3.51. The van der Waals surface area contributed by atoms with Gasteiger partial charge in [0, 0.05) is 24.6 Å². The van der Waals surface area contributed by atoms with Crippen LogP contribution in [-0.4, -0.2) is 21.4 Å². The fraction of sp³-hybridized carbons (Fsp3) is 0.136.